The molecule has 2 nitrogen and oxygen atoms in total. The fraction of sp³-hybridized carbons (Fsp3) is 0.214. The molecule has 1 heterocycles. The molecule has 0 amide bonds. The SMILES string of the molecule is CN(CCc1ccccc1)c1nc(F)c(F)cc1F. The number of nitrogens with zero attached hydrogens (tertiary/aromatic N) is 2. The zero-order chi connectivity index (χ0) is 13.8. The van der Waals surface area contributed by atoms with E-state index in [1.54, 1.807) is 7.05 Å². The van der Waals surface area contributed by atoms with Gasteiger partial charge in [0.2, 0.25) is 0 Å². The van der Waals surface area contributed by atoms with Crippen LogP contribution < -0.4 is 4.90 Å². The van der Waals surface area contributed by atoms with E-state index in [1.165, 1.54) is 4.90 Å². The molecule has 1 aromatic heterocycles. The van der Waals surface area contributed by atoms with Crippen LogP contribution in [0.25, 0.3) is 0 Å². The first-order valence-electron chi connectivity index (χ1n) is 5.84. The number of hydrogen-bond acceptors (Lipinski definition) is 2. The Bertz CT molecular complexity index is 558. The van der Waals surface area contributed by atoms with Gasteiger partial charge in [0.05, 0.1) is 0 Å². The number of likely N-dealkylation sites (N-methyl/N-ethyl adjacent to an activating group) is 1. The molecule has 2 rings (SSSR count). The van der Waals surface area contributed by atoms with Crippen molar-refractivity contribution in [1.29, 1.82) is 0 Å². The van der Waals surface area contributed by atoms with Crippen molar-refractivity contribution >= 4 is 5.82 Å². The van der Waals surface area contributed by atoms with E-state index in [4.69, 9.17) is 0 Å². The van der Waals surface area contributed by atoms with Gasteiger partial charge in [-0.3, -0.25) is 0 Å². The standard InChI is InChI=1S/C14H13F3N2/c1-19(8-7-10-5-3-2-4-6-10)14-12(16)9-11(15)13(17)18-14/h2-6,9H,7-8H2,1H3. The summed E-state index contributed by atoms with van der Waals surface area (Å²) in [7, 11) is 1.59. The van der Waals surface area contributed by atoms with Gasteiger partial charge in [-0.15, -0.1) is 0 Å². The highest BCUT2D eigenvalue weighted by Crippen LogP contribution is 2.18. The minimum Gasteiger partial charge on any atom is -0.357 e. The van der Waals surface area contributed by atoms with Gasteiger partial charge >= 0.3 is 0 Å². The van der Waals surface area contributed by atoms with Gasteiger partial charge in [0, 0.05) is 19.7 Å². The van der Waals surface area contributed by atoms with Crippen molar-refractivity contribution in [1.82, 2.24) is 4.98 Å². The summed E-state index contributed by atoms with van der Waals surface area (Å²) in [6, 6.07) is 10.1. The summed E-state index contributed by atoms with van der Waals surface area (Å²) >= 11 is 0. The van der Waals surface area contributed by atoms with Crippen LogP contribution in [0.2, 0.25) is 0 Å². The first-order chi connectivity index (χ1) is 9.08. The second-order valence-corrected chi connectivity index (χ2v) is 4.22. The molecule has 0 aliphatic heterocycles. The third-order valence-corrected chi connectivity index (χ3v) is 2.81. The number of halogens is 3. The first-order valence-corrected chi connectivity index (χ1v) is 5.84. The van der Waals surface area contributed by atoms with E-state index in [9.17, 15) is 13.2 Å². The Kier molecular flexibility index (Phi) is 4.04. The average molecular weight is 266 g/mol. The molecule has 0 saturated heterocycles. The molecule has 0 saturated carbocycles. The van der Waals surface area contributed by atoms with Gasteiger partial charge in [-0.2, -0.15) is 9.37 Å². The fourth-order valence-corrected chi connectivity index (χ4v) is 1.75. The normalized spacial score (nSPS) is 10.5. The lowest BCUT2D eigenvalue weighted by Gasteiger charge is -2.18. The zero-order valence-electron chi connectivity index (χ0n) is 10.4. The molecule has 0 atom stereocenters. The van der Waals surface area contributed by atoms with Crippen LogP contribution in [0.15, 0.2) is 36.4 Å². The summed E-state index contributed by atoms with van der Waals surface area (Å²) in [4.78, 5) is 4.76. The highest BCUT2D eigenvalue weighted by atomic mass is 19.2. The van der Waals surface area contributed by atoms with E-state index >= 15 is 0 Å². The third kappa shape index (κ3) is 3.24. The molecule has 0 aliphatic carbocycles. The lowest BCUT2D eigenvalue weighted by molar-refractivity contribution is 0.464. The molecular weight excluding hydrogens is 253 g/mol. The van der Waals surface area contributed by atoms with Gasteiger partial charge in [0.25, 0.3) is 5.95 Å². The van der Waals surface area contributed by atoms with Crippen LogP contribution in [-0.2, 0) is 6.42 Å². The molecule has 0 radical (unpaired) electrons. The third-order valence-electron chi connectivity index (χ3n) is 2.81. The number of aromatic nitrogens is 1. The Balaban J connectivity index is 2.08. The van der Waals surface area contributed by atoms with Crippen LogP contribution in [0.5, 0.6) is 0 Å². The lowest BCUT2D eigenvalue weighted by Crippen LogP contribution is -2.23. The smallest absolute Gasteiger partial charge is 0.251 e. The molecule has 0 aliphatic rings. The van der Waals surface area contributed by atoms with Gasteiger partial charge < -0.3 is 4.90 Å². The van der Waals surface area contributed by atoms with E-state index < -0.39 is 17.6 Å². The molecule has 0 fully saturated rings. The maximum atomic E-state index is 13.5. The topological polar surface area (TPSA) is 16.1 Å². The predicted octanol–water partition coefficient (Wildman–Crippen LogP) is 3.18. The largest absolute Gasteiger partial charge is 0.357 e. The molecule has 100 valence electrons. The van der Waals surface area contributed by atoms with E-state index in [0.29, 0.717) is 19.0 Å². The molecule has 0 unspecified atom stereocenters. The Morgan fingerprint density at radius 3 is 2.42 bits per heavy atom. The Morgan fingerprint density at radius 2 is 1.74 bits per heavy atom. The van der Waals surface area contributed by atoms with Crippen LogP contribution in [0.3, 0.4) is 0 Å². The summed E-state index contributed by atoms with van der Waals surface area (Å²) in [5, 5.41) is 0. The number of hydrogen-bond donors (Lipinski definition) is 0. The maximum Gasteiger partial charge on any atom is 0.251 e. The molecule has 0 bridgehead atoms. The van der Waals surface area contributed by atoms with Crippen molar-refractivity contribution < 1.29 is 13.2 Å². The van der Waals surface area contributed by atoms with Crippen LogP contribution in [0.4, 0.5) is 19.0 Å². The highest BCUT2D eigenvalue weighted by Gasteiger charge is 2.14. The Labute approximate surface area is 109 Å². The van der Waals surface area contributed by atoms with Crippen molar-refractivity contribution in [2.24, 2.45) is 0 Å². The summed E-state index contributed by atoms with van der Waals surface area (Å²) in [5.74, 6) is -3.62. The molecule has 2 aromatic rings. The highest BCUT2D eigenvalue weighted by molar-refractivity contribution is 5.39. The van der Waals surface area contributed by atoms with E-state index in [0.717, 1.165) is 5.56 Å². The van der Waals surface area contributed by atoms with Crippen molar-refractivity contribution in [3.8, 4) is 0 Å². The number of rotatable bonds is 4. The Morgan fingerprint density at radius 1 is 1.05 bits per heavy atom. The summed E-state index contributed by atoms with van der Waals surface area (Å²) in [5.41, 5.74) is 1.08. The number of anilines is 1. The lowest BCUT2D eigenvalue weighted by atomic mass is 10.1. The number of pyridine rings is 1. The van der Waals surface area contributed by atoms with E-state index in [2.05, 4.69) is 4.98 Å². The molecular formula is C14H13F3N2. The van der Waals surface area contributed by atoms with Crippen molar-refractivity contribution in [3.63, 3.8) is 0 Å². The van der Waals surface area contributed by atoms with Crippen molar-refractivity contribution in [3.05, 3.63) is 59.5 Å². The minimum absolute atomic E-state index is 0.185. The maximum absolute atomic E-state index is 13.5. The monoisotopic (exact) mass is 266 g/mol. The molecule has 5 heteroatoms. The zero-order valence-corrected chi connectivity index (χ0v) is 10.4. The molecule has 19 heavy (non-hydrogen) atoms. The van der Waals surface area contributed by atoms with Gasteiger partial charge in [0.1, 0.15) is 0 Å². The average Bonchev–Trinajstić information content (AvgIpc) is 2.41. The molecule has 0 N–H and O–H groups in total. The van der Waals surface area contributed by atoms with Crippen LogP contribution in [0.1, 0.15) is 5.56 Å². The van der Waals surface area contributed by atoms with Gasteiger partial charge in [-0.25, -0.2) is 8.78 Å². The minimum atomic E-state index is -1.29. The van der Waals surface area contributed by atoms with Crippen LogP contribution in [0, 0.1) is 17.6 Å². The van der Waals surface area contributed by atoms with Crippen LogP contribution >= 0.6 is 0 Å². The quantitative estimate of drug-likeness (QED) is 0.790. The van der Waals surface area contributed by atoms with Crippen LogP contribution in [-0.4, -0.2) is 18.6 Å². The first kappa shape index (κ1) is 13.4. The summed E-state index contributed by atoms with van der Waals surface area (Å²) < 4.78 is 39.3. The Hall–Kier alpha value is -2.04. The van der Waals surface area contributed by atoms with E-state index in [1.807, 2.05) is 30.3 Å². The van der Waals surface area contributed by atoms with E-state index in [-0.39, 0.29) is 5.82 Å². The molecule has 1 aromatic carbocycles. The van der Waals surface area contributed by atoms with Gasteiger partial charge in [-0.1, -0.05) is 30.3 Å². The molecule has 0 spiro atoms. The van der Waals surface area contributed by atoms with Crippen molar-refractivity contribution in [2.45, 2.75) is 6.42 Å². The predicted molar refractivity (Wildman–Crippen MR) is 67.5 cm³/mol. The summed E-state index contributed by atoms with van der Waals surface area (Å²) in [6.45, 7) is 0.457. The number of benzene rings is 1. The second kappa shape index (κ2) is 5.73. The fourth-order valence-electron chi connectivity index (χ4n) is 1.75. The van der Waals surface area contributed by atoms with Gasteiger partial charge in [0.15, 0.2) is 17.5 Å². The second-order valence-electron chi connectivity index (χ2n) is 4.22. The summed E-state index contributed by atoms with van der Waals surface area (Å²) in [6.07, 6.45) is 0.664. The van der Waals surface area contributed by atoms with Crippen molar-refractivity contribution in [2.75, 3.05) is 18.5 Å². The van der Waals surface area contributed by atoms with Gasteiger partial charge in [-0.05, 0) is 12.0 Å².